The third-order valence-corrected chi connectivity index (χ3v) is 3.51. The van der Waals surface area contributed by atoms with Crippen LogP contribution >= 0.6 is 0 Å². The maximum absolute atomic E-state index is 12.8. The van der Waals surface area contributed by atoms with E-state index in [2.05, 4.69) is 15.5 Å². The minimum Gasteiger partial charge on any atom is -0.497 e. The third-order valence-electron chi connectivity index (χ3n) is 3.51. The summed E-state index contributed by atoms with van der Waals surface area (Å²) in [6.07, 6.45) is 0.498. The lowest BCUT2D eigenvalue weighted by atomic mass is 10.2. The Bertz CT molecular complexity index is 845. The number of nitrogens with one attached hydrogen (secondary N) is 1. The zero-order valence-corrected chi connectivity index (χ0v) is 13.5. The molecule has 0 aliphatic rings. The maximum atomic E-state index is 12.8. The molecule has 0 atom stereocenters. The van der Waals surface area contributed by atoms with E-state index in [0.29, 0.717) is 23.8 Å². The molecule has 0 aliphatic carbocycles. The number of ether oxygens (including phenoxy) is 1. The SMILES string of the molecule is COc1ccc(-c2noc(CCC(=O)Nc3ccc(F)cc3)n2)cc1. The summed E-state index contributed by atoms with van der Waals surface area (Å²) in [5.41, 5.74) is 1.34. The van der Waals surface area contributed by atoms with E-state index < -0.39 is 0 Å². The van der Waals surface area contributed by atoms with E-state index in [4.69, 9.17) is 9.26 Å². The molecule has 0 saturated carbocycles. The molecule has 3 aromatic rings. The Morgan fingerprint density at radius 2 is 1.88 bits per heavy atom. The number of carbonyl (C=O) groups excluding carboxylic acids is 1. The molecule has 7 heteroatoms. The summed E-state index contributed by atoms with van der Waals surface area (Å²) in [6, 6.07) is 12.8. The predicted octanol–water partition coefficient (Wildman–Crippen LogP) is 3.46. The molecular formula is C18H16FN3O3. The van der Waals surface area contributed by atoms with Gasteiger partial charge in [-0.15, -0.1) is 0 Å². The van der Waals surface area contributed by atoms with E-state index in [1.165, 1.54) is 24.3 Å². The highest BCUT2D eigenvalue weighted by molar-refractivity contribution is 5.90. The van der Waals surface area contributed by atoms with Crippen LogP contribution in [0.25, 0.3) is 11.4 Å². The van der Waals surface area contributed by atoms with E-state index in [-0.39, 0.29) is 18.1 Å². The smallest absolute Gasteiger partial charge is 0.227 e. The Labute approximate surface area is 143 Å². The summed E-state index contributed by atoms with van der Waals surface area (Å²) in [6.45, 7) is 0. The molecule has 25 heavy (non-hydrogen) atoms. The normalized spacial score (nSPS) is 10.5. The minimum absolute atomic E-state index is 0.182. The second kappa shape index (κ2) is 7.57. The van der Waals surface area contributed by atoms with Crippen molar-refractivity contribution < 1.29 is 18.4 Å². The molecule has 1 amide bonds. The molecular weight excluding hydrogens is 325 g/mol. The van der Waals surface area contributed by atoms with Gasteiger partial charge in [-0.2, -0.15) is 4.98 Å². The average Bonchev–Trinajstić information content (AvgIpc) is 3.11. The van der Waals surface area contributed by atoms with Crippen LogP contribution in [-0.2, 0) is 11.2 Å². The van der Waals surface area contributed by atoms with Gasteiger partial charge in [0, 0.05) is 24.1 Å². The highest BCUT2D eigenvalue weighted by Crippen LogP contribution is 2.20. The summed E-state index contributed by atoms with van der Waals surface area (Å²) in [5, 5.41) is 6.59. The number of aromatic nitrogens is 2. The van der Waals surface area contributed by atoms with Crippen molar-refractivity contribution >= 4 is 11.6 Å². The van der Waals surface area contributed by atoms with Crippen molar-refractivity contribution in [2.24, 2.45) is 0 Å². The number of amides is 1. The van der Waals surface area contributed by atoms with Gasteiger partial charge in [0.25, 0.3) is 0 Å². The zero-order chi connectivity index (χ0) is 17.6. The summed E-state index contributed by atoms with van der Waals surface area (Å²) in [7, 11) is 1.60. The Kier molecular flexibility index (Phi) is 5.03. The Morgan fingerprint density at radius 3 is 2.56 bits per heavy atom. The molecule has 0 fully saturated rings. The molecule has 3 rings (SSSR count). The number of carbonyl (C=O) groups is 1. The van der Waals surface area contributed by atoms with Crippen LogP contribution in [0.2, 0.25) is 0 Å². The van der Waals surface area contributed by atoms with Crippen molar-refractivity contribution in [3.63, 3.8) is 0 Å². The molecule has 0 spiro atoms. The number of aryl methyl sites for hydroxylation is 1. The Morgan fingerprint density at radius 1 is 1.16 bits per heavy atom. The minimum atomic E-state index is -0.352. The highest BCUT2D eigenvalue weighted by atomic mass is 19.1. The van der Waals surface area contributed by atoms with Crippen LogP contribution in [0.3, 0.4) is 0 Å². The van der Waals surface area contributed by atoms with Crippen LogP contribution in [0.1, 0.15) is 12.3 Å². The summed E-state index contributed by atoms with van der Waals surface area (Å²) < 4.78 is 23.1. The van der Waals surface area contributed by atoms with E-state index in [1.807, 2.05) is 24.3 Å². The molecule has 128 valence electrons. The monoisotopic (exact) mass is 341 g/mol. The van der Waals surface area contributed by atoms with E-state index >= 15 is 0 Å². The van der Waals surface area contributed by atoms with Gasteiger partial charge in [0.15, 0.2) is 0 Å². The topological polar surface area (TPSA) is 77.2 Å². The Balaban J connectivity index is 1.55. The van der Waals surface area contributed by atoms with Gasteiger partial charge in [0.1, 0.15) is 11.6 Å². The van der Waals surface area contributed by atoms with Gasteiger partial charge in [-0.25, -0.2) is 4.39 Å². The van der Waals surface area contributed by atoms with Crippen molar-refractivity contribution in [2.75, 3.05) is 12.4 Å². The number of hydrogen-bond donors (Lipinski definition) is 1. The predicted molar refractivity (Wildman–Crippen MR) is 89.6 cm³/mol. The first-order valence-corrected chi connectivity index (χ1v) is 7.66. The fourth-order valence-corrected chi connectivity index (χ4v) is 2.19. The fourth-order valence-electron chi connectivity index (χ4n) is 2.19. The van der Waals surface area contributed by atoms with Crippen LogP contribution in [0.15, 0.2) is 53.1 Å². The van der Waals surface area contributed by atoms with Gasteiger partial charge in [-0.1, -0.05) is 5.16 Å². The first-order chi connectivity index (χ1) is 12.1. The lowest BCUT2D eigenvalue weighted by Crippen LogP contribution is -2.12. The molecule has 6 nitrogen and oxygen atoms in total. The molecule has 0 aliphatic heterocycles. The molecule has 0 radical (unpaired) electrons. The van der Waals surface area contributed by atoms with E-state index in [1.54, 1.807) is 7.11 Å². The van der Waals surface area contributed by atoms with Crippen molar-refractivity contribution in [1.29, 1.82) is 0 Å². The maximum Gasteiger partial charge on any atom is 0.227 e. The van der Waals surface area contributed by atoms with Gasteiger partial charge in [0.05, 0.1) is 7.11 Å². The zero-order valence-electron chi connectivity index (χ0n) is 13.5. The van der Waals surface area contributed by atoms with Crippen molar-refractivity contribution in [1.82, 2.24) is 10.1 Å². The number of methoxy groups -OCH3 is 1. The summed E-state index contributed by atoms with van der Waals surface area (Å²) in [4.78, 5) is 16.2. The third kappa shape index (κ3) is 4.41. The van der Waals surface area contributed by atoms with Gasteiger partial charge >= 0.3 is 0 Å². The molecule has 1 heterocycles. The lowest BCUT2D eigenvalue weighted by molar-refractivity contribution is -0.116. The van der Waals surface area contributed by atoms with Crippen LogP contribution in [0.4, 0.5) is 10.1 Å². The lowest BCUT2D eigenvalue weighted by Gasteiger charge is -2.03. The van der Waals surface area contributed by atoms with Crippen LogP contribution in [-0.4, -0.2) is 23.2 Å². The molecule has 0 bridgehead atoms. The van der Waals surface area contributed by atoms with Gasteiger partial charge in [-0.3, -0.25) is 4.79 Å². The average molecular weight is 341 g/mol. The van der Waals surface area contributed by atoms with Crippen LogP contribution in [0.5, 0.6) is 5.75 Å². The van der Waals surface area contributed by atoms with Gasteiger partial charge in [-0.05, 0) is 48.5 Å². The number of benzene rings is 2. The first-order valence-electron chi connectivity index (χ1n) is 7.66. The molecule has 2 aromatic carbocycles. The fraction of sp³-hybridized carbons (Fsp3) is 0.167. The second-order valence-corrected chi connectivity index (χ2v) is 5.30. The molecule has 1 N–H and O–H groups in total. The summed E-state index contributed by atoms with van der Waals surface area (Å²) >= 11 is 0. The Hall–Kier alpha value is -3.22. The van der Waals surface area contributed by atoms with Crippen LogP contribution < -0.4 is 10.1 Å². The van der Waals surface area contributed by atoms with Gasteiger partial charge in [0.2, 0.25) is 17.6 Å². The number of anilines is 1. The van der Waals surface area contributed by atoms with Crippen molar-refractivity contribution in [2.45, 2.75) is 12.8 Å². The molecule has 0 saturated heterocycles. The quantitative estimate of drug-likeness (QED) is 0.743. The molecule has 0 unspecified atom stereocenters. The van der Waals surface area contributed by atoms with Crippen molar-refractivity contribution in [3.8, 4) is 17.1 Å². The number of halogens is 1. The second-order valence-electron chi connectivity index (χ2n) is 5.30. The van der Waals surface area contributed by atoms with E-state index in [0.717, 1.165) is 11.3 Å². The number of rotatable bonds is 6. The van der Waals surface area contributed by atoms with E-state index in [9.17, 15) is 9.18 Å². The highest BCUT2D eigenvalue weighted by Gasteiger charge is 2.11. The first kappa shape index (κ1) is 16.6. The standard InChI is InChI=1S/C18H16FN3O3/c1-24-15-8-2-12(3-9-15)18-21-17(25-22-18)11-10-16(23)20-14-6-4-13(19)5-7-14/h2-9H,10-11H2,1H3,(H,20,23). The molecule has 1 aromatic heterocycles. The van der Waals surface area contributed by atoms with Gasteiger partial charge < -0.3 is 14.6 Å². The summed E-state index contributed by atoms with van der Waals surface area (Å²) in [5.74, 6) is 1.01. The number of hydrogen-bond acceptors (Lipinski definition) is 5. The number of nitrogens with zero attached hydrogens (tertiary/aromatic N) is 2. The van der Waals surface area contributed by atoms with Crippen molar-refractivity contribution in [3.05, 3.63) is 60.2 Å². The van der Waals surface area contributed by atoms with Crippen LogP contribution in [0, 0.1) is 5.82 Å². The largest absolute Gasteiger partial charge is 0.497 e.